The lowest BCUT2D eigenvalue weighted by molar-refractivity contribution is 0.102. The van der Waals surface area contributed by atoms with Gasteiger partial charge in [0.05, 0.1) is 20.8 Å². The molecule has 2 aromatic heterocycles. The molecule has 0 aliphatic heterocycles. The fraction of sp³-hybridized carbons (Fsp3) is 0.0714. The summed E-state index contributed by atoms with van der Waals surface area (Å²) in [6.07, 6.45) is 1.47. The standard InChI is InChI=1S/C14H10ClN3OS/c1-8-6-10(15)9(7-16-8)13(19)18-14-17-11-4-2-3-5-12(11)20-14/h2-7H,1H3,(H,17,18,19). The summed E-state index contributed by atoms with van der Waals surface area (Å²) in [4.78, 5) is 20.6. The molecule has 0 unspecified atom stereocenters. The van der Waals surface area contributed by atoms with Crippen molar-refractivity contribution >= 4 is 44.2 Å². The van der Waals surface area contributed by atoms with Crippen LogP contribution >= 0.6 is 22.9 Å². The summed E-state index contributed by atoms with van der Waals surface area (Å²) in [6.45, 7) is 1.82. The SMILES string of the molecule is Cc1cc(Cl)c(C(=O)Nc2nc3ccccc3s2)cn1. The minimum atomic E-state index is -0.304. The Morgan fingerprint density at radius 2 is 2.15 bits per heavy atom. The van der Waals surface area contributed by atoms with Crippen LogP contribution < -0.4 is 5.32 Å². The predicted molar refractivity (Wildman–Crippen MR) is 81.6 cm³/mol. The van der Waals surface area contributed by atoms with Crippen molar-refractivity contribution in [1.29, 1.82) is 0 Å². The molecule has 6 heteroatoms. The number of hydrogen-bond acceptors (Lipinski definition) is 4. The maximum atomic E-state index is 12.2. The van der Waals surface area contributed by atoms with Crippen LogP contribution in [0.1, 0.15) is 16.1 Å². The Morgan fingerprint density at radius 3 is 2.90 bits per heavy atom. The van der Waals surface area contributed by atoms with Gasteiger partial charge in [0.15, 0.2) is 5.13 Å². The Hall–Kier alpha value is -1.98. The van der Waals surface area contributed by atoms with E-state index in [1.165, 1.54) is 17.5 Å². The molecular weight excluding hydrogens is 294 g/mol. The first kappa shape index (κ1) is 13.0. The summed E-state index contributed by atoms with van der Waals surface area (Å²) in [5, 5.41) is 3.69. The maximum Gasteiger partial charge on any atom is 0.260 e. The molecule has 0 aliphatic rings. The highest BCUT2D eigenvalue weighted by Gasteiger charge is 2.13. The zero-order chi connectivity index (χ0) is 14.1. The molecule has 3 aromatic rings. The normalized spacial score (nSPS) is 10.7. The van der Waals surface area contributed by atoms with Crippen LogP contribution in [-0.4, -0.2) is 15.9 Å². The number of para-hydroxylation sites is 1. The summed E-state index contributed by atoms with van der Waals surface area (Å²) >= 11 is 7.47. The molecule has 4 nitrogen and oxygen atoms in total. The topological polar surface area (TPSA) is 54.9 Å². The highest BCUT2D eigenvalue weighted by atomic mass is 35.5. The van der Waals surface area contributed by atoms with E-state index >= 15 is 0 Å². The number of pyridine rings is 1. The number of anilines is 1. The summed E-state index contributed by atoms with van der Waals surface area (Å²) in [6, 6.07) is 9.38. The molecule has 1 amide bonds. The largest absolute Gasteiger partial charge is 0.298 e. The van der Waals surface area contributed by atoms with Crippen LogP contribution in [0.15, 0.2) is 36.5 Å². The monoisotopic (exact) mass is 303 g/mol. The van der Waals surface area contributed by atoms with Crippen molar-refractivity contribution in [2.75, 3.05) is 5.32 Å². The molecule has 1 aromatic carbocycles. The van der Waals surface area contributed by atoms with Gasteiger partial charge < -0.3 is 0 Å². The van der Waals surface area contributed by atoms with Crippen molar-refractivity contribution in [2.24, 2.45) is 0 Å². The number of thiazole rings is 1. The minimum Gasteiger partial charge on any atom is -0.298 e. The molecule has 0 saturated carbocycles. The number of amides is 1. The quantitative estimate of drug-likeness (QED) is 0.781. The molecule has 2 heterocycles. The summed E-state index contributed by atoms with van der Waals surface area (Å²) in [7, 11) is 0. The van der Waals surface area contributed by atoms with Gasteiger partial charge in [-0.25, -0.2) is 4.98 Å². The van der Waals surface area contributed by atoms with E-state index in [4.69, 9.17) is 11.6 Å². The predicted octanol–water partition coefficient (Wildman–Crippen LogP) is 3.91. The summed E-state index contributed by atoms with van der Waals surface area (Å²) in [5.41, 5.74) is 1.98. The Morgan fingerprint density at radius 1 is 1.35 bits per heavy atom. The van der Waals surface area contributed by atoms with Crippen molar-refractivity contribution in [1.82, 2.24) is 9.97 Å². The van der Waals surface area contributed by atoms with Crippen LogP contribution in [0.3, 0.4) is 0 Å². The van der Waals surface area contributed by atoms with Crippen LogP contribution in [0.5, 0.6) is 0 Å². The van der Waals surface area contributed by atoms with E-state index in [9.17, 15) is 4.79 Å². The van der Waals surface area contributed by atoms with Gasteiger partial charge in [0.25, 0.3) is 5.91 Å². The van der Waals surface area contributed by atoms with Gasteiger partial charge in [-0.15, -0.1) is 0 Å². The van der Waals surface area contributed by atoms with Gasteiger partial charge in [-0.05, 0) is 25.1 Å². The highest BCUT2D eigenvalue weighted by Crippen LogP contribution is 2.26. The molecule has 3 rings (SSSR count). The first-order valence-electron chi connectivity index (χ1n) is 5.92. The molecular formula is C14H10ClN3OS. The molecule has 0 atom stereocenters. The second-order valence-electron chi connectivity index (χ2n) is 4.25. The molecule has 20 heavy (non-hydrogen) atoms. The molecule has 0 radical (unpaired) electrons. The molecule has 1 N–H and O–H groups in total. The number of hydrogen-bond donors (Lipinski definition) is 1. The fourth-order valence-corrected chi connectivity index (χ4v) is 2.94. The van der Waals surface area contributed by atoms with E-state index < -0.39 is 0 Å². The second kappa shape index (κ2) is 5.19. The molecule has 0 aliphatic carbocycles. The van der Waals surface area contributed by atoms with Crippen molar-refractivity contribution in [3.8, 4) is 0 Å². The number of fused-ring (bicyclic) bond motifs is 1. The van der Waals surface area contributed by atoms with Crippen molar-refractivity contribution in [3.05, 3.63) is 52.8 Å². The third-order valence-corrected chi connectivity index (χ3v) is 4.01. The van der Waals surface area contributed by atoms with Crippen LogP contribution in [0.25, 0.3) is 10.2 Å². The van der Waals surface area contributed by atoms with Gasteiger partial charge in [0, 0.05) is 11.9 Å². The number of carbonyl (C=O) groups excluding carboxylic acids is 1. The lowest BCUT2D eigenvalue weighted by Gasteiger charge is -2.03. The molecule has 0 saturated heterocycles. The van der Waals surface area contributed by atoms with Gasteiger partial charge in [-0.3, -0.25) is 15.1 Å². The number of nitrogens with one attached hydrogen (secondary N) is 1. The van der Waals surface area contributed by atoms with Gasteiger partial charge >= 0.3 is 0 Å². The second-order valence-corrected chi connectivity index (χ2v) is 5.68. The zero-order valence-electron chi connectivity index (χ0n) is 10.6. The molecule has 0 bridgehead atoms. The number of carbonyl (C=O) groups is 1. The molecule has 0 fully saturated rings. The highest BCUT2D eigenvalue weighted by molar-refractivity contribution is 7.22. The third-order valence-electron chi connectivity index (χ3n) is 2.75. The van der Waals surface area contributed by atoms with Crippen LogP contribution in [0, 0.1) is 6.92 Å². The number of aromatic nitrogens is 2. The summed E-state index contributed by atoms with van der Waals surface area (Å²) < 4.78 is 1.02. The number of halogens is 1. The average Bonchev–Trinajstić information content (AvgIpc) is 2.80. The van der Waals surface area contributed by atoms with Crippen LogP contribution in [-0.2, 0) is 0 Å². The van der Waals surface area contributed by atoms with Crippen molar-refractivity contribution < 1.29 is 4.79 Å². The van der Waals surface area contributed by atoms with E-state index in [2.05, 4.69) is 15.3 Å². The van der Waals surface area contributed by atoms with E-state index in [1.807, 2.05) is 31.2 Å². The Bertz CT molecular complexity index is 767. The van der Waals surface area contributed by atoms with E-state index in [0.29, 0.717) is 15.7 Å². The van der Waals surface area contributed by atoms with Crippen LogP contribution in [0.4, 0.5) is 5.13 Å². The smallest absolute Gasteiger partial charge is 0.260 e. The first-order valence-corrected chi connectivity index (χ1v) is 7.12. The lowest BCUT2D eigenvalue weighted by Crippen LogP contribution is -2.12. The average molecular weight is 304 g/mol. The Labute approximate surface area is 124 Å². The van der Waals surface area contributed by atoms with E-state index in [-0.39, 0.29) is 5.91 Å². The number of benzene rings is 1. The number of aryl methyl sites for hydroxylation is 1. The molecule has 100 valence electrons. The summed E-state index contributed by atoms with van der Waals surface area (Å²) in [5.74, 6) is -0.304. The number of nitrogens with zero attached hydrogens (tertiary/aromatic N) is 2. The van der Waals surface area contributed by atoms with Gasteiger partial charge in [-0.1, -0.05) is 35.1 Å². The Kier molecular flexibility index (Phi) is 3.38. The fourth-order valence-electron chi connectivity index (χ4n) is 1.78. The van der Waals surface area contributed by atoms with Crippen molar-refractivity contribution in [3.63, 3.8) is 0 Å². The lowest BCUT2D eigenvalue weighted by atomic mass is 10.2. The molecule has 0 spiro atoms. The Balaban J connectivity index is 1.88. The van der Waals surface area contributed by atoms with Crippen LogP contribution in [0.2, 0.25) is 5.02 Å². The van der Waals surface area contributed by atoms with E-state index in [1.54, 1.807) is 6.07 Å². The first-order chi connectivity index (χ1) is 9.63. The van der Waals surface area contributed by atoms with Gasteiger partial charge in [-0.2, -0.15) is 0 Å². The third kappa shape index (κ3) is 2.50. The maximum absolute atomic E-state index is 12.2. The van der Waals surface area contributed by atoms with Crippen molar-refractivity contribution in [2.45, 2.75) is 6.92 Å². The number of rotatable bonds is 2. The van der Waals surface area contributed by atoms with Gasteiger partial charge in [0.1, 0.15) is 0 Å². The van der Waals surface area contributed by atoms with E-state index in [0.717, 1.165) is 15.9 Å². The minimum absolute atomic E-state index is 0.304. The van der Waals surface area contributed by atoms with Gasteiger partial charge in [0.2, 0.25) is 0 Å². The zero-order valence-corrected chi connectivity index (χ0v) is 12.1.